The second-order valence-corrected chi connectivity index (χ2v) is 7.97. The van der Waals surface area contributed by atoms with Crippen LogP contribution in [0.4, 0.5) is 13.2 Å². The highest BCUT2D eigenvalue weighted by Gasteiger charge is 2.33. The third-order valence-electron chi connectivity index (χ3n) is 5.67. The van der Waals surface area contributed by atoms with Gasteiger partial charge in [-0.1, -0.05) is 12.1 Å². The number of nitrogens with one attached hydrogen (secondary N) is 1. The average Bonchev–Trinajstić information content (AvgIpc) is 3.34. The first-order valence-electron chi connectivity index (χ1n) is 10.1. The Labute approximate surface area is 183 Å². The van der Waals surface area contributed by atoms with E-state index in [4.69, 9.17) is 5.11 Å². The van der Waals surface area contributed by atoms with Crippen LogP contribution in [0.15, 0.2) is 41.5 Å². The maximum absolute atomic E-state index is 13.0. The number of carboxylic acids is 1. The Hall–Kier alpha value is -3.96. The van der Waals surface area contributed by atoms with Gasteiger partial charge in [0.1, 0.15) is 5.52 Å². The lowest BCUT2D eigenvalue weighted by atomic mass is 10.1. The molecule has 1 aliphatic rings. The van der Waals surface area contributed by atoms with Crippen LogP contribution in [0.25, 0.3) is 17.0 Å². The monoisotopic (exact) mass is 458 g/mol. The summed E-state index contributed by atoms with van der Waals surface area (Å²) in [5.74, 6) is -0.993. The molecule has 170 valence electrons. The molecular weight excluding hydrogens is 441 g/mol. The van der Waals surface area contributed by atoms with E-state index in [0.29, 0.717) is 16.8 Å². The van der Waals surface area contributed by atoms with Crippen molar-refractivity contribution in [1.82, 2.24) is 29.5 Å². The van der Waals surface area contributed by atoms with Gasteiger partial charge in [-0.25, -0.2) is 14.5 Å². The lowest BCUT2D eigenvalue weighted by Gasteiger charge is -2.15. The quantitative estimate of drug-likeness (QED) is 0.473. The molecule has 1 saturated carbocycles. The lowest BCUT2D eigenvalue weighted by Crippen LogP contribution is -2.19. The van der Waals surface area contributed by atoms with E-state index in [1.807, 2.05) is 0 Å². The van der Waals surface area contributed by atoms with Gasteiger partial charge in [-0.2, -0.15) is 23.4 Å². The minimum absolute atomic E-state index is 0.0450. The molecule has 0 bridgehead atoms. The number of carbonyl (C=O) groups is 1. The normalized spacial score (nSPS) is 15.2. The summed E-state index contributed by atoms with van der Waals surface area (Å²) in [5.41, 5.74) is 0.401. The number of benzene rings is 1. The summed E-state index contributed by atoms with van der Waals surface area (Å²) in [6.45, 7) is 1.74. The zero-order chi connectivity index (χ0) is 23.5. The molecule has 4 aromatic rings. The number of hydrogen-bond acceptors (Lipinski definition) is 5. The van der Waals surface area contributed by atoms with Crippen molar-refractivity contribution in [1.29, 1.82) is 0 Å². The first-order valence-corrected chi connectivity index (χ1v) is 10.1. The summed E-state index contributed by atoms with van der Waals surface area (Å²) >= 11 is 0. The molecular formula is C21H17F3N6O3. The van der Waals surface area contributed by atoms with Crippen LogP contribution < -0.4 is 5.56 Å². The highest BCUT2D eigenvalue weighted by atomic mass is 19.4. The number of fused-ring (bicyclic) bond motifs is 1. The largest absolute Gasteiger partial charge is 0.478 e. The van der Waals surface area contributed by atoms with Crippen molar-refractivity contribution < 1.29 is 23.1 Å². The Kier molecular flexibility index (Phi) is 4.62. The first kappa shape index (κ1) is 20.9. The molecule has 3 aromatic heterocycles. The van der Waals surface area contributed by atoms with Crippen molar-refractivity contribution in [2.45, 2.75) is 37.9 Å². The second kappa shape index (κ2) is 7.29. The van der Waals surface area contributed by atoms with Gasteiger partial charge in [0.15, 0.2) is 5.52 Å². The van der Waals surface area contributed by atoms with Crippen LogP contribution in [0.1, 0.15) is 58.9 Å². The van der Waals surface area contributed by atoms with E-state index in [9.17, 15) is 22.8 Å². The Morgan fingerprint density at radius 1 is 1.24 bits per heavy atom. The highest BCUT2D eigenvalue weighted by Crippen LogP contribution is 2.42. The molecule has 2 N–H and O–H groups in total. The summed E-state index contributed by atoms with van der Waals surface area (Å²) in [6.07, 6.45) is -0.294. The van der Waals surface area contributed by atoms with E-state index >= 15 is 0 Å². The van der Waals surface area contributed by atoms with E-state index in [1.54, 1.807) is 6.92 Å². The van der Waals surface area contributed by atoms with Crippen LogP contribution >= 0.6 is 0 Å². The van der Waals surface area contributed by atoms with Crippen molar-refractivity contribution in [2.75, 3.05) is 0 Å². The standard InChI is InChI=1S/C21H17F3N6O3/c1-10(11-4-6-14(7-5-11)21(22,23)24)30-17-16(15(28-30)12-2-3-12)26-20(27-18(17)31)29-9-13(8-25-29)19(32)33/h4-10,12H,2-3H2,1H3,(H,32,33)(H,26,27,31)/t10-/m0/s1. The molecule has 3 heterocycles. The fourth-order valence-corrected chi connectivity index (χ4v) is 3.72. The smallest absolute Gasteiger partial charge is 0.416 e. The minimum Gasteiger partial charge on any atom is -0.478 e. The SMILES string of the molecule is C[C@@H](c1ccc(C(F)(F)F)cc1)n1nc(C2CC2)c2nc(-n3cc(C(=O)O)cn3)[nH]c(=O)c21. The molecule has 0 aliphatic heterocycles. The number of H-pyrrole nitrogens is 1. The number of rotatable bonds is 5. The van der Waals surface area contributed by atoms with Crippen LogP contribution in [0.5, 0.6) is 0 Å². The molecule has 0 unspecified atom stereocenters. The van der Waals surface area contributed by atoms with Gasteiger partial charge in [-0.3, -0.25) is 14.5 Å². The van der Waals surface area contributed by atoms with Gasteiger partial charge in [0.25, 0.3) is 5.56 Å². The Balaban J connectivity index is 1.61. The fourth-order valence-electron chi connectivity index (χ4n) is 3.72. The predicted molar refractivity (Wildman–Crippen MR) is 109 cm³/mol. The van der Waals surface area contributed by atoms with Crippen LogP contribution in [0.3, 0.4) is 0 Å². The number of aromatic nitrogens is 6. The lowest BCUT2D eigenvalue weighted by molar-refractivity contribution is -0.137. The Morgan fingerprint density at radius 2 is 1.94 bits per heavy atom. The minimum atomic E-state index is -4.44. The van der Waals surface area contributed by atoms with E-state index in [1.165, 1.54) is 23.0 Å². The van der Waals surface area contributed by atoms with E-state index in [2.05, 4.69) is 20.2 Å². The van der Waals surface area contributed by atoms with Gasteiger partial charge < -0.3 is 5.11 Å². The van der Waals surface area contributed by atoms with E-state index < -0.39 is 29.3 Å². The van der Waals surface area contributed by atoms with Gasteiger partial charge in [0.2, 0.25) is 5.95 Å². The van der Waals surface area contributed by atoms with Crippen molar-refractivity contribution in [2.24, 2.45) is 0 Å². The van der Waals surface area contributed by atoms with Gasteiger partial charge in [0.05, 0.1) is 29.1 Å². The molecule has 1 atom stereocenters. The molecule has 1 fully saturated rings. The van der Waals surface area contributed by atoms with Crippen molar-refractivity contribution in [3.8, 4) is 5.95 Å². The van der Waals surface area contributed by atoms with Crippen molar-refractivity contribution in [3.05, 3.63) is 69.4 Å². The van der Waals surface area contributed by atoms with Gasteiger partial charge >= 0.3 is 12.1 Å². The van der Waals surface area contributed by atoms with Crippen LogP contribution in [-0.4, -0.2) is 40.6 Å². The Morgan fingerprint density at radius 3 is 2.52 bits per heavy atom. The summed E-state index contributed by atoms with van der Waals surface area (Å²) in [7, 11) is 0. The van der Waals surface area contributed by atoms with Gasteiger partial charge in [-0.05, 0) is 37.5 Å². The molecule has 0 saturated heterocycles. The summed E-state index contributed by atoms with van der Waals surface area (Å²) in [6, 6.07) is 4.20. The molecule has 5 rings (SSSR count). The zero-order valence-electron chi connectivity index (χ0n) is 17.2. The molecule has 0 spiro atoms. The Bertz CT molecular complexity index is 1430. The maximum Gasteiger partial charge on any atom is 0.416 e. The van der Waals surface area contributed by atoms with Crippen LogP contribution in [-0.2, 0) is 6.18 Å². The zero-order valence-corrected chi connectivity index (χ0v) is 17.2. The van der Waals surface area contributed by atoms with Crippen molar-refractivity contribution in [3.63, 3.8) is 0 Å². The highest BCUT2D eigenvalue weighted by molar-refractivity contribution is 5.87. The topological polar surface area (TPSA) is 119 Å². The second-order valence-electron chi connectivity index (χ2n) is 7.97. The summed E-state index contributed by atoms with van der Waals surface area (Å²) < 4.78 is 41.4. The van der Waals surface area contributed by atoms with Crippen LogP contribution in [0, 0.1) is 0 Å². The number of hydrogen-bond donors (Lipinski definition) is 2. The third-order valence-corrected chi connectivity index (χ3v) is 5.67. The number of nitrogens with zero attached hydrogens (tertiary/aromatic N) is 5. The number of carboxylic acid groups (broad SMARTS) is 1. The maximum atomic E-state index is 13.0. The fraction of sp³-hybridized carbons (Fsp3) is 0.286. The average molecular weight is 458 g/mol. The number of alkyl halides is 3. The summed E-state index contributed by atoms with van der Waals surface area (Å²) in [4.78, 5) is 31.3. The molecule has 1 aliphatic carbocycles. The molecule has 33 heavy (non-hydrogen) atoms. The molecule has 0 radical (unpaired) electrons. The van der Waals surface area contributed by atoms with Crippen LogP contribution in [0.2, 0.25) is 0 Å². The summed E-state index contributed by atoms with van der Waals surface area (Å²) in [5, 5.41) is 17.7. The first-order chi connectivity index (χ1) is 15.6. The number of halogens is 3. The molecule has 12 heteroatoms. The molecule has 9 nitrogen and oxygen atoms in total. The predicted octanol–water partition coefficient (Wildman–Crippen LogP) is 3.51. The number of aromatic carboxylic acids is 1. The van der Waals surface area contributed by atoms with E-state index in [-0.39, 0.29) is 22.9 Å². The molecule has 1 aromatic carbocycles. The van der Waals surface area contributed by atoms with Gasteiger partial charge in [-0.15, -0.1) is 0 Å². The molecule has 0 amide bonds. The van der Waals surface area contributed by atoms with Gasteiger partial charge in [0, 0.05) is 12.1 Å². The van der Waals surface area contributed by atoms with E-state index in [0.717, 1.165) is 35.9 Å². The van der Waals surface area contributed by atoms with Crippen molar-refractivity contribution >= 4 is 17.0 Å². The number of aromatic amines is 1. The third kappa shape index (κ3) is 3.66.